The topological polar surface area (TPSA) is 105 Å². The molecule has 0 bridgehead atoms. The maximum absolute atomic E-state index is 12.2. The van der Waals surface area contributed by atoms with E-state index in [1.54, 1.807) is 0 Å². The number of carbonyl (C=O) groups excluding carboxylic acids is 2. The molecule has 1 atom stereocenters. The van der Waals surface area contributed by atoms with Crippen molar-refractivity contribution >= 4 is 17.8 Å². The molecular formula is C19H24N2O5. The van der Waals surface area contributed by atoms with Crippen molar-refractivity contribution in [3.8, 4) is 5.75 Å². The first-order valence-electron chi connectivity index (χ1n) is 9.00. The number of ether oxygens (including phenoxy) is 1. The van der Waals surface area contributed by atoms with Crippen molar-refractivity contribution in [2.45, 2.75) is 57.0 Å². The smallest absolute Gasteiger partial charge is 0.303 e. The minimum atomic E-state index is -0.893. The van der Waals surface area contributed by atoms with Crippen LogP contribution < -0.4 is 15.4 Å². The highest BCUT2D eigenvalue weighted by atomic mass is 16.5. The molecule has 2 aliphatic rings. The molecule has 140 valence electrons. The van der Waals surface area contributed by atoms with Crippen LogP contribution in [0.2, 0.25) is 0 Å². The lowest BCUT2D eigenvalue weighted by Crippen LogP contribution is -2.43. The lowest BCUT2D eigenvalue weighted by atomic mass is 9.86. The summed E-state index contributed by atoms with van der Waals surface area (Å²) < 4.78 is 5.47. The van der Waals surface area contributed by atoms with Gasteiger partial charge in [0.05, 0.1) is 6.61 Å². The normalized spacial score (nSPS) is 21.0. The first-order valence-corrected chi connectivity index (χ1v) is 9.00. The number of carboxylic acid groups (broad SMARTS) is 1. The first kappa shape index (κ1) is 18.2. The van der Waals surface area contributed by atoms with Gasteiger partial charge in [-0.3, -0.25) is 14.4 Å². The second-order valence-corrected chi connectivity index (χ2v) is 7.04. The van der Waals surface area contributed by atoms with E-state index in [-0.39, 0.29) is 24.7 Å². The zero-order valence-electron chi connectivity index (χ0n) is 14.7. The number of aliphatic carboxylic acids is 1. The Hall–Kier alpha value is -2.57. The molecule has 1 saturated heterocycles. The van der Waals surface area contributed by atoms with Crippen molar-refractivity contribution in [3.63, 3.8) is 0 Å². The molecule has 0 aromatic heterocycles. The maximum atomic E-state index is 12.2. The van der Waals surface area contributed by atoms with Crippen LogP contribution in [0, 0.1) is 0 Å². The van der Waals surface area contributed by atoms with Gasteiger partial charge in [-0.25, -0.2) is 0 Å². The Labute approximate surface area is 152 Å². The average Bonchev–Trinajstić information content (AvgIpc) is 3.23. The van der Waals surface area contributed by atoms with Gasteiger partial charge in [-0.05, 0) is 36.5 Å². The van der Waals surface area contributed by atoms with E-state index in [0.717, 1.165) is 23.3 Å². The van der Waals surface area contributed by atoms with Gasteiger partial charge in [-0.15, -0.1) is 0 Å². The highest BCUT2D eigenvalue weighted by molar-refractivity contribution is 5.80. The zero-order chi connectivity index (χ0) is 18.6. The predicted molar refractivity (Wildman–Crippen MR) is 93.7 cm³/mol. The second-order valence-electron chi connectivity index (χ2n) is 7.04. The Kier molecular flexibility index (Phi) is 5.44. The van der Waals surface area contributed by atoms with Gasteiger partial charge >= 0.3 is 5.97 Å². The van der Waals surface area contributed by atoms with Crippen LogP contribution in [-0.4, -0.2) is 35.0 Å². The van der Waals surface area contributed by atoms with Crippen molar-refractivity contribution in [2.75, 3.05) is 6.61 Å². The van der Waals surface area contributed by atoms with Gasteiger partial charge in [0.25, 0.3) is 0 Å². The fourth-order valence-corrected chi connectivity index (χ4v) is 3.61. The quantitative estimate of drug-likeness (QED) is 0.652. The minimum Gasteiger partial charge on any atom is -0.493 e. The van der Waals surface area contributed by atoms with Crippen LogP contribution in [0.15, 0.2) is 18.2 Å². The van der Waals surface area contributed by atoms with Crippen molar-refractivity contribution in [2.24, 2.45) is 0 Å². The molecule has 1 fully saturated rings. The van der Waals surface area contributed by atoms with E-state index in [4.69, 9.17) is 9.84 Å². The van der Waals surface area contributed by atoms with E-state index >= 15 is 0 Å². The van der Waals surface area contributed by atoms with Crippen molar-refractivity contribution < 1.29 is 24.2 Å². The van der Waals surface area contributed by atoms with Crippen LogP contribution in [0.5, 0.6) is 5.75 Å². The summed E-state index contributed by atoms with van der Waals surface area (Å²) in [6, 6.07) is 5.92. The standard InChI is InChI=1S/C19H24N2O5/c22-16(20-12-13-1-2-15-14(11-13)6-10-26-15)3-7-19(9-5-18(24)25)8-4-17(23)21-19/h1-2,11H,3-10,12H2,(H,20,22)(H,21,23)(H,24,25)/t19-/m1/s1. The molecule has 7 heteroatoms. The van der Waals surface area contributed by atoms with E-state index in [1.165, 1.54) is 0 Å². The summed E-state index contributed by atoms with van der Waals surface area (Å²) >= 11 is 0. The molecule has 7 nitrogen and oxygen atoms in total. The molecule has 2 amide bonds. The van der Waals surface area contributed by atoms with Gasteiger partial charge < -0.3 is 20.5 Å². The summed E-state index contributed by atoms with van der Waals surface area (Å²) in [7, 11) is 0. The summed E-state index contributed by atoms with van der Waals surface area (Å²) in [4.78, 5) is 34.6. The number of rotatable bonds is 8. The molecule has 2 heterocycles. The number of fused-ring (bicyclic) bond motifs is 1. The minimum absolute atomic E-state index is 0.0148. The lowest BCUT2D eigenvalue weighted by Gasteiger charge is -2.28. The highest BCUT2D eigenvalue weighted by Crippen LogP contribution is 2.30. The Morgan fingerprint density at radius 3 is 2.77 bits per heavy atom. The third-order valence-electron chi connectivity index (χ3n) is 5.13. The van der Waals surface area contributed by atoms with Crippen molar-refractivity contribution in [1.82, 2.24) is 10.6 Å². The number of carboxylic acids is 1. The Morgan fingerprint density at radius 2 is 2.04 bits per heavy atom. The van der Waals surface area contributed by atoms with Crippen LogP contribution in [0.1, 0.15) is 49.7 Å². The Balaban J connectivity index is 1.49. The number of amides is 2. The van der Waals surface area contributed by atoms with E-state index in [9.17, 15) is 14.4 Å². The summed E-state index contributed by atoms with van der Waals surface area (Å²) in [5.41, 5.74) is 1.62. The molecule has 0 unspecified atom stereocenters. The van der Waals surface area contributed by atoms with Crippen LogP contribution >= 0.6 is 0 Å². The van der Waals surface area contributed by atoms with Gasteiger partial charge in [0, 0.05) is 37.8 Å². The van der Waals surface area contributed by atoms with E-state index in [1.807, 2.05) is 18.2 Å². The Morgan fingerprint density at radius 1 is 1.23 bits per heavy atom. The molecule has 2 aliphatic heterocycles. The van der Waals surface area contributed by atoms with Gasteiger partial charge in [0.1, 0.15) is 5.75 Å². The van der Waals surface area contributed by atoms with Crippen LogP contribution in [0.3, 0.4) is 0 Å². The average molecular weight is 360 g/mol. The monoisotopic (exact) mass is 360 g/mol. The van der Waals surface area contributed by atoms with Gasteiger partial charge in [0.2, 0.25) is 11.8 Å². The number of benzene rings is 1. The molecule has 3 N–H and O–H groups in total. The summed E-state index contributed by atoms with van der Waals surface area (Å²) in [5, 5.41) is 14.7. The second kappa shape index (κ2) is 7.76. The van der Waals surface area contributed by atoms with E-state index in [2.05, 4.69) is 10.6 Å². The molecule has 26 heavy (non-hydrogen) atoms. The number of carbonyl (C=O) groups is 3. The predicted octanol–water partition coefficient (Wildman–Crippen LogP) is 1.53. The largest absolute Gasteiger partial charge is 0.493 e. The summed E-state index contributed by atoms with van der Waals surface area (Å²) in [5.74, 6) is -0.151. The molecule has 0 spiro atoms. The number of hydrogen-bond donors (Lipinski definition) is 3. The molecule has 0 radical (unpaired) electrons. The van der Waals surface area contributed by atoms with Gasteiger partial charge in [0.15, 0.2) is 0 Å². The fraction of sp³-hybridized carbons (Fsp3) is 0.526. The maximum Gasteiger partial charge on any atom is 0.303 e. The molecule has 0 aliphatic carbocycles. The van der Waals surface area contributed by atoms with Crippen LogP contribution in [0.4, 0.5) is 0 Å². The van der Waals surface area contributed by atoms with Gasteiger partial charge in [-0.1, -0.05) is 12.1 Å². The van der Waals surface area contributed by atoms with Crippen molar-refractivity contribution in [1.29, 1.82) is 0 Å². The molecule has 3 rings (SSSR count). The van der Waals surface area contributed by atoms with Crippen LogP contribution in [-0.2, 0) is 27.3 Å². The van der Waals surface area contributed by atoms with E-state index < -0.39 is 11.5 Å². The van der Waals surface area contributed by atoms with Crippen molar-refractivity contribution in [3.05, 3.63) is 29.3 Å². The van der Waals surface area contributed by atoms with E-state index in [0.29, 0.717) is 38.8 Å². The van der Waals surface area contributed by atoms with Gasteiger partial charge in [-0.2, -0.15) is 0 Å². The summed E-state index contributed by atoms with van der Waals surface area (Å²) in [6.07, 6.45) is 2.91. The molecular weight excluding hydrogens is 336 g/mol. The Bertz CT molecular complexity index is 718. The first-order chi connectivity index (χ1) is 12.5. The fourth-order valence-electron chi connectivity index (χ4n) is 3.61. The third-order valence-corrected chi connectivity index (χ3v) is 5.13. The number of hydrogen-bond acceptors (Lipinski definition) is 4. The zero-order valence-corrected chi connectivity index (χ0v) is 14.7. The SMILES string of the molecule is O=C(O)CC[C@@]1(CCC(=O)NCc2ccc3c(c2)CCO3)CCC(=O)N1. The molecule has 0 saturated carbocycles. The summed E-state index contributed by atoms with van der Waals surface area (Å²) in [6.45, 7) is 1.15. The highest BCUT2D eigenvalue weighted by Gasteiger charge is 2.37. The lowest BCUT2D eigenvalue weighted by molar-refractivity contribution is -0.137. The number of nitrogens with one attached hydrogen (secondary N) is 2. The van der Waals surface area contributed by atoms with Crippen LogP contribution in [0.25, 0.3) is 0 Å². The molecule has 1 aromatic carbocycles. The third kappa shape index (κ3) is 4.53. The molecule has 1 aromatic rings.